The molecule has 2 N–H and O–H groups in total. The van der Waals surface area contributed by atoms with Crippen molar-refractivity contribution in [3.05, 3.63) is 35.2 Å². The molecule has 25 heavy (non-hydrogen) atoms. The zero-order chi connectivity index (χ0) is 17.8. The monoisotopic (exact) mass is 345 g/mol. The Labute approximate surface area is 146 Å². The van der Waals surface area contributed by atoms with Gasteiger partial charge in [0.2, 0.25) is 0 Å². The number of hydrogen-bond acceptors (Lipinski definition) is 6. The highest BCUT2D eigenvalue weighted by Gasteiger charge is 2.25. The van der Waals surface area contributed by atoms with E-state index < -0.39 is 0 Å². The number of benzene rings is 1. The van der Waals surface area contributed by atoms with Crippen LogP contribution in [0.5, 0.6) is 11.5 Å². The SMILES string of the molecule is COc1cc(CN2CCC(NC(=O)c3n[nH]nc3C)C2)cc(OC)c1. The summed E-state index contributed by atoms with van der Waals surface area (Å²) < 4.78 is 10.6. The molecular formula is C17H23N5O3. The number of rotatable bonds is 6. The number of nitrogens with one attached hydrogen (secondary N) is 2. The van der Waals surface area contributed by atoms with Crippen molar-refractivity contribution in [3.63, 3.8) is 0 Å². The third kappa shape index (κ3) is 4.08. The molecule has 1 aromatic carbocycles. The third-order valence-electron chi connectivity index (χ3n) is 4.36. The minimum Gasteiger partial charge on any atom is -0.497 e. The van der Waals surface area contributed by atoms with Crippen LogP contribution in [0.25, 0.3) is 0 Å². The average Bonchev–Trinajstić information content (AvgIpc) is 3.23. The largest absolute Gasteiger partial charge is 0.497 e. The standard InChI is InChI=1S/C17H23N5O3/c1-11-16(20-21-19-11)17(23)18-13-4-5-22(10-13)9-12-6-14(24-2)8-15(7-12)25-3/h6-8,13H,4-5,9-10H2,1-3H3,(H,18,23)(H,19,20,21). The summed E-state index contributed by atoms with van der Waals surface area (Å²) in [6.07, 6.45) is 0.906. The summed E-state index contributed by atoms with van der Waals surface area (Å²) in [5.41, 5.74) is 2.09. The van der Waals surface area contributed by atoms with Crippen LogP contribution in [0, 0.1) is 6.92 Å². The number of amides is 1. The number of nitrogens with zero attached hydrogens (tertiary/aromatic N) is 3. The fraction of sp³-hybridized carbons (Fsp3) is 0.471. The Kier molecular flexibility index (Phi) is 5.18. The number of carbonyl (C=O) groups is 1. The molecule has 8 nitrogen and oxygen atoms in total. The van der Waals surface area contributed by atoms with Gasteiger partial charge in [0.1, 0.15) is 11.5 Å². The van der Waals surface area contributed by atoms with Crippen LogP contribution in [0.2, 0.25) is 0 Å². The van der Waals surface area contributed by atoms with Gasteiger partial charge in [-0.2, -0.15) is 15.4 Å². The molecule has 0 saturated carbocycles. The van der Waals surface area contributed by atoms with E-state index in [-0.39, 0.29) is 11.9 Å². The molecule has 2 heterocycles. The van der Waals surface area contributed by atoms with E-state index in [1.807, 2.05) is 18.2 Å². The predicted molar refractivity (Wildman–Crippen MR) is 91.8 cm³/mol. The molecular weight excluding hydrogens is 322 g/mol. The number of aromatic nitrogens is 3. The lowest BCUT2D eigenvalue weighted by Gasteiger charge is -2.17. The van der Waals surface area contributed by atoms with Crippen molar-refractivity contribution in [3.8, 4) is 11.5 Å². The molecule has 1 saturated heterocycles. The first-order valence-electron chi connectivity index (χ1n) is 8.21. The average molecular weight is 345 g/mol. The number of H-pyrrole nitrogens is 1. The summed E-state index contributed by atoms with van der Waals surface area (Å²) in [4.78, 5) is 14.5. The van der Waals surface area contributed by atoms with Crippen molar-refractivity contribution in [2.24, 2.45) is 0 Å². The Morgan fingerprint density at radius 1 is 1.28 bits per heavy atom. The lowest BCUT2D eigenvalue weighted by atomic mass is 10.2. The fourth-order valence-electron chi connectivity index (χ4n) is 3.06. The number of carbonyl (C=O) groups excluding carboxylic acids is 1. The molecule has 1 aliphatic rings. The van der Waals surface area contributed by atoms with Crippen molar-refractivity contribution >= 4 is 5.91 Å². The number of hydrogen-bond donors (Lipinski definition) is 2. The molecule has 0 aliphatic carbocycles. The van der Waals surface area contributed by atoms with E-state index in [4.69, 9.17) is 9.47 Å². The van der Waals surface area contributed by atoms with Crippen LogP contribution in [0.1, 0.15) is 28.2 Å². The fourth-order valence-corrected chi connectivity index (χ4v) is 3.06. The molecule has 1 amide bonds. The minimum absolute atomic E-state index is 0.108. The Hall–Kier alpha value is -2.61. The van der Waals surface area contributed by atoms with Crippen LogP contribution in [0.3, 0.4) is 0 Å². The maximum Gasteiger partial charge on any atom is 0.274 e. The van der Waals surface area contributed by atoms with Gasteiger partial charge in [-0.25, -0.2) is 0 Å². The normalized spacial score (nSPS) is 17.5. The molecule has 0 bridgehead atoms. The lowest BCUT2D eigenvalue weighted by molar-refractivity contribution is 0.0932. The van der Waals surface area contributed by atoms with E-state index in [9.17, 15) is 4.79 Å². The van der Waals surface area contributed by atoms with Crippen LogP contribution < -0.4 is 14.8 Å². The van der Waals surface area contributed by atoms with Gasteiger partial charge >= 0.3 is 0 Å². The van der Waals surface area contributed by atoms with Crippen molar-refractivity contribution in [2.75, 3.05) is 27.3 Å². The van der Waals surface area contributed by atoms with E-state index >= 15 is 0 Å². The maximum absolute atomic E-state index is 12.2. The second-order valence-corrected chi connectivity index (χ2v) is 6.17. The molecule has 1 aromatic heterocycles. The van der Waals surface area contributed by atoms with Crippen LogP contribution >= 0.6 is 0 Å². The third-order valence-corrected chi connectivity index (χ3v) is 4.36. The lowest BCUT2D eigenvalue weighted by Crippen LogP contribution is -2.37. The molecule has 3 rings (SSSR count). The highest BCUT2D eigenvalue weighted by molar-refractivity contribution is 5.93. The van der Waals surface area contributed by atoms with Gasteiger partial charge in [0.25, 0.3) is 5.91 Å². The van der Waals surface area contributed by atoms with Gasteiger partial charge in [-0.1, -0.05) is 0 Å². The van der Waals surface area contributed by atoms with Gasteiger partial charge in [-0.05, 0) is 31.0 Å². The van der Waals surface area contributed by atoms with Gasteiger partial charge in [-0.3, -0.25) is 9.69 Å². The van der Waals surface area contributed by atoms with Crippen molar-refractivity contribution in [2.45, 2.75) is 25.9 Å². The van der Waals surface area contributed by atoms with Crippen molar-refractivity contribution < 1.29 is 14.3 Å². The molecule has 1 atom stereocenters. The smallest absolute Gasteiger partial charge is 0.274 e. The summed E-state index contributed by atoms with van der Waals surface area (Å²) in [6, 6.07) is 5.98. The van der Waals surface area contributed by atoms with Crippen molar-refractivity contribution in [1.29, 1.82) is 0 Å². The predicted octanol–water partition coefficient (Wildman–Crippen LogP) is 1.13. The van der Waals surface area contributed by atoms with Crippen LogP contribution in [-0.4, -0.2) is 59.6 Å². The van der Waals surface area contributed by atoms with E-state index in [1.165, 1.54) is 0 Å². The first kappa shape index (κ1) is 17.2. The number of ether oxygens (including phenoxy) is 2. The summed E-state index contributed by atoms with van der Waals surface area (Å²) in [6.45, 7) is 4.25. The Bertz CT molecular complexity index is 723. The minimum atomic E-state index is -0.179. The first-order valence-corrected chi connectivity index (χ1v) is 8.21. The van der Waals surface area contributed by atoms with Gasteiger partial charge in [-0.15, -0.1) is 0 Å². The number of aryl methyl sites for hydroxylation is 1. The molecule has 134 valence electrons. The molecule has 0 spiro atoms. The summed E-state index contributed by atoms with van der Waals surface area (Å²) in [5, 5.41) is 13.3. The highest BCUT2D eigenvalue weighted by atomic mass is 16.5. The zero-order valence-corrected chi connectivity index (χ0v) is 14.7. The van der Waals surface area contributed by atoms with E-state index in [1.54, 1.807) is 21.1 Å². The quantitative estimate of drug-likeness (QED) is 0.815. The zero-order valence-electron chi connectivity index (χ0n) is 14.7. The maximum atomic E-state index is 12.2. The molecule has 1 fully saturated rings. The summed E-state index contributed by atoms with van der Waals surface area (Å²) in [7, 11) is 3.29. The Morgan fingerprint density at radius 2 is 2.00 bits per heavy atom. The van der Waals surface area contributed by atoms with Gasteiger partial charge in [0, 0.05) is 31.7 Å². The van der Waals surface area contributed by atoms with Crippen LogP contribution in [0.4, 0.5) is 0 Å². The second-order valence-electron chi connectivity index (χ2n) is 6.17. The van der Waals surface area contributed by atoms with Gasteiger partial charge in [0.05, 0.1) is 19.9 Å². The number of methoxy groups -OCH3 is 2. The van der Waals surface area contributed by atoms with Crippen LogP contribution in [0.15, 0.2) is 18.2 Å². The van der Waals surface area contributed by atoms with Gasteiger partial charge in [0.15, 0.2) is 5.69 Å². The van der Waals surface area contributed by atoms with E-state index in [0.717, 1.165) is 43.1 Å². The van der Waals surface area contributed by atoms with E-state index in [2.05, 4.69) is 25.6 Å². The molecule has 8 heteroatoms. The van der Waals surface area contributed by atoms with Crippen LogP contribution in [-0.2, 0) is 6.54 Å². The number of aromatic amines is 1. The number of likely N-dealkylation sites (tertiary alicyclic amines) is 1. The molecule has 1 unspecified atom stereocenters. The topological polar surface area (TPSA) is 92.4 Å². The summed E-state index contributed by atoms with van der Waals surface area (Å²) >= 11 is 0. The highest BCUT2D eigenvalue weighted by Crippen LogP contribution is 2.24. The van der Waals surface area contributed by atoms with E-state index in [0.29, 0.717) is 11.4 Å². The second kappa shape index (κ2) is 7.52. The molecule has 0 radical (unpaired) electrons. The Morgan fingerprint density at radius 3 is 2.60 bits per heavy atom. The van der Waals surface area contributed by atoms with Crippen molar-refractivity contribution in [1.82, 2.24) is 25.6 Å². The van der Waals surface area contributed by atoms with Gasteiger partial charge < -0.3 is 14.8 Å². The molecule has 1 aliphatic heterocycles. The Balaban J connectivity index is 1.58. The summed E-state index contributed by atoms with van der Waals surface area (Å²) in [5.74, 6) is 1.38. The molecule has 2 aromatic rings. The first-order chi connectivity index (χ1) is 12.1.